The highest BCUT2D eigenvalue weighted by Crippen LogP contribution is 2.39. The van der Waals surface area contributed by atoms with E-state index >= 15 is 0 Å². The van der Waals surface area contributed by atoms with Gasteiger partial charge in [-0.2, -0.15) is 18.3 Å². The fourth-order valence-electron chi connectivity index (χ4n) is 4.27. The van der Waals surface area contributed by atoms with Crippen LogP contribution in [0.2, 0.25) is 0 Å². The largest absolute Gasteiger partial charge is 0.408 e. The van der Waals surface area contributed by atoms with Crippen LogP contribution >= 0.6 is 0 Å². The molecule has 31 heavy (non-hydrogen) atoms. The van der Waals surface area contributed by atoms with Gasteiger partial charge in [-0.15, -0.1) is 4.98 Å². The highest BCUT2D eigenvalue weighted by Gasteiger charge is 2.55. The monoisotopic (exact) mass is 434 g/mol. The van der Waals surface area contributed by atoms with Gasteiger partial charge in [-0.1, -0.05) is 6.57 Å². The third-order valence-electron chi connectivity index (χ3n) is 6.00. The van der Waals surface area contributed by atoms with E-state index in [1.54, 1.807) is 24.1 Å². The normalized spacial score (nSPS) is 19.4. The highest BCUT2D eigenvalue weighted by molar-refractivity contribution is 5.78. The summed E-state index contributed by atoms with van der Waals surface area (Å²) in [6.45, 7) is 9.37. The Hall–Kier alpha value is -3.36. The van der Waals surface area contributed by atoms with E-state index in [1.165, 1.54) is 6.20 Å². The summed E-state index contributed by atoms with van der Waals surface area (Å²) in [6, 6.07) is -2.55. The first-order valence-electron chi connectivity index (χ1n) is 9.77. The second-order valence-corrected chi connectivity index (χ2v) is 7.87. The van der Waals surface area contributed by atoms with Crippen LogP contribution < -0.4 is 10.2 Å². The Morgan fingerprint density at radius 1 is 1.29 bits per heavy atom. The number of aromatic nitrogens is 4. The molecule has 0 bridgehead atoms. The number of carbonyl (C=O) groups is 1. The number of hydrogen-bond acceptors (Lipinski definition) is 5. The van der Waals surface area contributed by atoms with Crippen molar-refractivity contribution in [3.63, 3.8) is 0 Å². The minimum absolute atomic E-state index is 0.154. The summed E-state index contributed by atoms with van der Waals surface area (Å²) in [5.74, 6) is 0.690. The van der Waals surface area contributed by atoms with Crippen molar-refractivity contribution in [1.29, 1.82) is 0 Å². The van der Waals surface area contributed by atoms with Gasteiger partial charge in [0.25, 0.3) is 5.82 Å². The maximum atomic E-state index is 13.4. The molecule has 164 valence electrons. The molecular formula is C19H21F3N8O. The molecule has 0 aliphatic carbocycles. The average molecular weight is 434 g/mol. The Kier molecular flexibility index (Phi) is 4.99. The van der Waals surface area contributed by atoms with Gasteiger partial charge in [0.2, 0.25) is 0 Å². The standard InChI is InChI=1S/C19H21F3N8O/c1-12(19(20,21)22)30-17(31)25-11-18(30)4-6-29(7-5-18)14-9-24-16(23-2)15(27-14)13-8-26-28(3)10-13/h8-10,12H,4-7,11H2,1,3H3,(H,25,31). The number of carbonyl (C=O) groups excluding carboxylic acids is 1. The van der Waals surface area contributed by atoms with Crippen molar-refractivity contribution in [2.45, 2.75) is 37.5 Å². The molecular weight excluding hydrogens is 413 g/mol. The molecule has 4 rings (SSSR count). The lowest BCUT2D eigenvalue weighted by molar-refractivity contribution is -0.181. The first-order valence-corrected chi connectivity index (χ1v) is 9.77. The number of nitrogens with zero attached hydrogens (tertiary/aromatic N) is 7. The Morgan fingerprint density at radius 3 is 2.58 bits per heavy atom. The molecule has 9 nitrogen and oxygen atoms in total. The molecule has 2 aromatic heterocycles. The van der Waals surface area contributed by atoms with E-state index in [9.17, 15) is 18.0 Å². The van der Waals surface area contributed by atoms with Crippen LogP contribution in [-0.4, -0.2) is 68.1 Å². The number of urea groups is 1. The summed E-state index contributed by atoms with van der Waals surface area (Å²) in [5.41, 5.74) is 0.177. The number of nitrogens with one attached hydrogen (secondary N) is 1. The molecule has 1 atom stereocenters. The van der Waals surface area contributed by atoms with E-state index in [1.807, 2.05) is 4.90 Å². The number of anilines is 1. The molecule has 0 aromatic carbocycles. The van der Waals surface area contributed by atoms with Crippen molar-refractivity contribution < 1.29 is 18.0 Å². The van der Waals surface area contributed by atoms with Gasteiger partial charge in [-0.05, 0) is 19.8 Å². The number of rotatable bonds is 3. The van der Waals surface area contributed by atoms with Crippen molar-refractivity contribution in [3.05, 3.63) is 30.0 Å². The summed E-state index contributed by atoms with van der Waals surface area (Å²) < 4.78 is 41.7. The predicted molar refractivity (Wildman–Crippen MR) is 105 cm³/mol. The Bertz CT molecular complexity index is 1040. The lowest BCUT2D eigenvalue weighted by Crippen LogP contribution is -2.60. The van der Waals surface area contributed by atoms with E-state index in [0.29, 0.717) is 43.0 Å². The first kappa shape index (κ1) is 20.9. The van der Waals surface area contributed by atoms with Gasteiger partial charge in [0.05, 0.1) is 11.7 Å². The van der Waals surface area contributed by atoms with Gasteiger partial charge < -0.3 is 20.0 Å². The fraction of sp³-hybridized carbons (Fsp3) is 0.526. The molecule has 2 saturated heterocycles. The van der Waals surface area contributed by atoms with Crippen LogP contribution in [0.15, 0.2) is 18.6 Å². The third kappa shape index (κ3) is 3.64. The zero-order valence-corrected chi connectivity index (χ0v) is 17.0. The molecule has 2 amide bonds. The number of piperidine rings is 1. The minimum atomic E-state index is -4.49. The average Bonchev–Trinajstić information content (AvgIpc) is 3.30. The van der Waals surface area contributed by atoms with Gasteiger partial charge in [-0.25, -0.2) is 9.78 Å². The molecule has 2 aliphatic rings. The maximum Gasteiger partial charge on any atom is 0.408 e. The summed E-state index contributed by atoms with van der Waals surface area (Å²) in [4.78, 5) is 27.3. The molecule has 4 heterocycles. The molecule has 1 spiro atoms. The van der Waals surface area contributed by atoms with Gasteiger partial charge >= 0.3 is 12.2 Å². The van der Waals surface area contributed by atoms with Crippen LogP contribution in [0.1, 0.15) is 19.8 Å². The number of hydrogen-bond donors (Lipinski definition) is 1. The molecule has 2 aliphatic heterocycles. The zero-order chi connectivity index (χ0) is 22.4. The number of alkyl halides is 3. The molecule has 2 aromatic rings. The Balaban J connectivity index is 1.57. The van der Waals surface area contributed by atoms with E-state index in [2.05, 4.69) is 25.2 Å². The third-order valence-corrected chi connectivity index (χ3v) is 6.00. The van der Waals surface area contributed by atoms with Crippen molar-refractivity contribution in [3.8, 4) is 11.3 Å². The molecule has 2 fully saturated rings. The fourth-order valence-corrected chi connectivity index (χ4v) is 4.27. The first-order chi connectivity index (χ1) is 14.6. The molecule has 0 radical (unpaired) electrons. The van der Waals surface area contributed by atoms with E-state index in [0.717, 1.165) is 11.8 Å². The Morgan fingerprint density at radius 2 is 2.00 bits per heavy atom. The second-order valence-electron chi connectivity index (χ2n) is 7.87. The topological polar surface area (TPSA) is 83.5 Å². The van der Waals surface area contributed by atoms with Crippen LogP contribution in [0.25, 0.3) is 16.1 Å². The zero-order valence-electron chi connectivity index (χ0n) is 17.0. The second kappa shape index (κ2) is 7.40. The van der Waals surface area contributed by atoms with Crippen molar-refractivity contribution >= 4 is 17.7 Å². The minimum Gasteiger partial charge on any atom is -0.359 e. The smallest absolute Gasteiger partial charge is 0.359 e. The molecule has 1 N–H and O–H groups in total. The van der Waals surface area contributed by atoms with Gasteiger partial charge in [0, 0.05) is 38.4 Å². The molecule has 0 saturated carbocycles. The number of halogens is 3. The SMILES string of the molecule is [C-]#[N+]c1ncc(N2CCC3(CC2)CNC(=O)N3C(C)C(F)(F)F)nc1-c1cnn(C)c1. The van der Waals surface area contributed by atoms with Crippen molar-refractivity contribution in [1.82, 2.24) is 30.0 Å². The number of amides is 2. The van der Waals surface area contributed by atoms with Crippen molar-refractivity contribution in [2.24, 2.45) is 7.05 Å². The summed E-state index contributed by atoms with van der Waals surface area (Å²) >= 11 is 0. The van der Waals surface area contributed by atoms with Crippen LogP contribution in [0, 0.1) is 6.57 Å². The van der Waals surface area contributed by atoms with Crippen molar-refractivity contribution in [2.75, 3.05) is 24.5 Å². The van der Waals surface area contributed by atoms with Gasteiger partial charge in [-0.3, -0.25) is 4.68 Å². The maximum absolute atomic E-state index is 13.4. The van der Waals surface area contributed by atoms with Gasteiger partial charge in [0.1, 0.15) is 11.7 Å². The van der Waals surface area contributed by atoms with Crippen LogP contribution in [0.5, 0.6) is 0 Å². The van der Waals surface area contributed by atoms with E-state index in [-0.39, 0.29) is 12.4 Å². The summed E-state index contributed by atoms with van der Waals surface area (Å²) in [6.07, 6.45) is 1.06. The molecule has 1 unspecified atom stereocenters. The molecule has 12 heteroatoms. The lowest BCUT2D eigenvalue weighted by Gasteiger charge is -2.46. The van der Waals surface area contributed by atoms with E-state index in [4.69, 9.17) is 6.57 Å². The predicted octanol–water partition coefficient (Wildman–Crippen LogP) is 2.74. The highest BCUT2D eigenvalue weighted by atomic mass is 19.4. The Labute approximate surface area is 176 Å². The van der Waals surface area contributed by atoms with Crippen LogP contribution in [0.4, 0.5) is 29.6 Å². The quantitative estimate of drug-likeness (QED) is 0.752. The summed E-state index contributed by atoms with van der Waals surface area (Å²) in [7, 11) is 1.76. The van der Waals surface area contributed by atoms with Gasteiger partial charge in [0.15, 0.2) is 12.0 Å². The van der Waals surface area contributed by atoms with Crippen LogP contribution in [0.3, 0.4) is 0 Å². The summed E-state index contributed by atoms with van der Waals surface area (Å²) in [5, 5.41) is 6.69. The van der Waals surface area contributed by atoms with Crippen LogP contribution in [-0.2, 0) is 7.05 Å². The lowest BCUT2D eigenvalue weighted by atomic mass is 9.86. The number of aryl methyl sites for hydroxylation is 1. The van der Waals surface area contributed by atoms with E-state index < -0.39 is 23.8 Å².